The molecule has 0 aliphatic carbocycles. The number of rotatable bonds is 2. The van der Waals surface area contributed by atoms with Crippen LogP contribution in [0.25, 0.3) is 0 Å². The van der Waals surface area contributed by atoms with E-state index in [0.717, 1.165) is 11.4 Å². The predicted octanol–water partition coefficient (Wildman–Crippen LogP) is 1.38. The quantitative estimate of drug-likeness (QED) is 0.791. The zero-order valence-corrected chi connectivity index (χ0v) is 9.49. The first-order valence-corrected chi connectivity index (χ1v) is 5.47. The fourth-order valence-corrected chi connectivity index (χ4v) is 1.64. The van der Waals surface area contributed by atoms with Gasteiger partial charge < -0.3 is 15.4 Å². The first-order chi connectivity index (χ1) is 7.66. The summed E-state index contributed by atoms with van der Waals surface area (Å²) in [7, 11) is 0. The number of amides is 1. The lowest BCUT2D eigenvalue weighted by molar-refractivity contribution is -0.128. The van der Waals surface area contributed by atoms with E-state index in [1.54, 1.807) is 0 Å². The molecular formula is C12H16N2O2. The number of carbonyl (C=O) groups is 1. The van der Waals surface area contributed by atoms with Crippen LogP contribution >= 0.6 is 0 Å². The smallest absolute Gasteiger partial charge is 0.263 e. The minimum Gasteiger partial charge on any atom is -0.477 e. The number of para-hydroxylation sites is 2. The van der Waals surface area contributed by atoms with Gasteiger partial charge in [0.1, 0.15) is 5.75 Å². The van der Waals surface area contributed by atoms with Crippen molar-refractivity contribution in [3.05, 3.63) is 24.3 Å². The summed E-state index contributed by atoms with van der Waals surface area (Å²) < 4.78 is 5.62. The van der Waals surface area contributed by atoms with Gasteiger partial charge in [-0.15, -0.1) is 0 Å². The van der Waals surface area contributed by atoms with Crippen LogP contribution in [-0.4, -0.2) is 24.6 Å². The molecule has 0 fully saturated rings. The van der Waals surface area contributed by atoms with Crippen molar-refractivity contribution in [2.75, 3.05) is 11.9 Å². The summed E-state index contributed by atoms with van der Waals surface area (Å²) in [6.07, 6.45) is -0.447. The molecule has 0 saturated heterocycles. The van der Waals surface area contributed by atoms with Gasteiger partial charge in [0.2, 0.25) is 0 Å². The van der Waals surface area contributed by atoms with E-state index in [1.807, 2.05) is 38.1 Å². The molecule has 4 nitrogen and oxygen atoms in total. The van der Waals surface area contributed by atoms with Gasteiger partial charge in [-0.1, -0.05) is 12.1 Å². The van der Waals surface area contributed by atoms with Crippen LogP contribution in [0.3, 0.4) is 0 Å². The molecule has 1 aromatic carbocycles. The number of fused-ring (bicyclic) bond motifs is 1. The Balaban J connectivity index is 2.05. The Morgan fingerprint density at radius 1 is 1.50 bits per heavy atom. The summed E-state index contributed by atoms with van der Waals surface area (Å²) in [4.78, 5) is 11.7. The van der Waals surface area contributed by atoms with Gasteiger partial charge >= 0.3 is 0 Å². The number of hydrogen-bond donors (Lipinski definition) is 2. The monoisotopic (exact) mass is 220 g/mol. The first kappa shape index (κ1) is 10.8. The lowest BCUT2D eigenvalue weighted by Gasteiger charge is -2.27. The van der Waals surface area contributed by atoms with Gasteiger partial charge in [0.15, 0.2) is 6.10 Å². The van der Waals surface area contributed by atoms with Crippen LogP contribution in [-0.2, 0) is 4.79 Å². The summed E-state index contributed by atoms with van der Waals surface area (Å²) in [6.45, 7) is 4.37. The normalized spacial score (nSPS) is 18.3. The van der Waals surface area contributed by atoms with Crippen LogP contribution in [0.15, 0.2) is 24.3 Å². The third-order valence-corrected chi connectivity index (χ3v) is 2.36. The molecule has 4 heteroatoms. The van der Waals surface area contributed by atoms with E-state index in [4.69, 9.17) is 4.74 Å². The fraction of sp³-hybridized carbons (Fsp3) is 0.417. The van der Waals surface area contributed by atoms with Crippen LogP contribution in [0.1, 0.15) is 13.8 Å². The number of nitrogens with one attached hydrogen (secondary N) is 2. The topological polar surface area (TPSA) is 50.4 Å². The van der Waals surface area contributed by atoms with Crippen molar-refractivity contribution in [2.45, 2.75) is 26.0 Å². The number of benzene rings is 1. The molecule has 1 aromatic rings. The molecule has 1 aliphatic heterocycles. The van der Waals surface area contributed by atoms with E-state index in [1.165, 1.54) is 0 Å². The SMILES string of the molecule is CC(C)NC(=O)[C@H]1CNc2ccccc2O1. The highest BCUT2D eigenvalue weighted by Gasteiger charge is 2.25. The average molecular weight is 220 g/mol. The van der Waals surface area contributed by atoms with Crippen LogP contribution < -0.4 is 15.4 Å². The van der Waals surface area contributed by atoms with Crippen molar-refractivity contribution >= 4 is 11.6 Å². The number of hydrogen-bond acceptors (Lipinski definition) is 3. The molecule has 2 N–H and O–H groups in total. The van der Waals surface area contributed by atoms with Crippen LogP contribution in [0.5, 0.6) is 5.75 Å². The maximum atomic E-state index is 11.7. The van der Waals surface area contributed by atoms with Gasteiger partial charge in [0.25, 0.3) is 5.91 Å². The van der Waals surface area contributed by atoms with Crippen molar-refractivity contribution in [3.8, 4) is 5.75 Å². The molecule has 0 unspecified atom stereocenters. The van der Waals surface area contributed by atoms with E-state index >= 15 is 0 Å². The second-order valence-electron chi connectivity index (χ2n) is 4.15. The summed E-state index contributed by atoms with van der Waals surface area (Å²) in [5.74, 6) is 0.662. The standard InChI is InChI=1S/C12H16N2O2/c1-8(2)14-12(15)11-7-13-9-5-3-4-6-10(9)16-11/h3-6,8,11,13H,7H2,1-2H3,(H,14,15)/t11-/m1/s1. The summed E-state index contributed by atoms with van der Waals surface area (Å²) in [5.41, 5.74) is 0.941. The molecule has 0 aromatic heterocycles. The van der Waals surface area contributed by atoms with Crippen LogP contribution in [0, 0.1) is 0 Å². The summed E-state index contributed by atoms with van der Waals surface area (Å²) >= 11 is 0. The average Bonchev–Trinajstić information content (AvgIpc) is 2.27. The largest absolute Gasteiger partial charge is 0.477 e. The molecule has 2 rings (SSSR count). The Morgan fingerprint density at radius 3 is 3.00 bits per heavy atom. The van der Waals surface area contributed by atoms with Crippen LogP contribution in [0.2, 0.25) is 0 Å². The molecule has 1 heterocycles. The molecular weight excluding hydrogens is 204 g/mol. The van der Waals surface area contributed by atoms with Crippen molar-refractivity contribution < 1.29 is 9.53 Å². The maximum Gasteiger partial charge on any atom is 0.263 e. The molecule has 16 heavy (non-hydrogen) atoms. The zero-order chi connectivity index (χ0) is 11.5. The Kier molecular flexibility index (Phi) is 2.99. The zero-order valence-electron chi connectivity index (χ0n) is 9.49. The molecule has 86 valence electrons. The second-order valence-corrected chi connectivity index (χ2v) is 4.15. The van der Waals surface area contributed by atoms with Crippen molar-refractivity contribution in [2.24, 2.45) is 0 Å². The lowest BCUT2D eigenvalue weighted by Crippen LogP contribution is -2.46. The lowest BCUT2D eigenvalue weighted by atomic mass is 10.2. The first-order valence-electron chi connectivity index (χ1n) is 5.47. The van der Waals surface area contributed by atoms with Gasteiger partial charge in [-0.25, -0.2) is 0 Å². The van der Waals surface area contributed by atoms with E-state index in [0.29, 0.717) is 6.54 Å². The van der Waals surface area contributed by atoms with Gasteiger partial charge in [0, 0.05) is 6.04 Å². The summed E-state index contributed by atoms with van der Waals surface area (Å²) in [5, 5.41) is 6.02. The van der Waals surface area contributed by atoms with Crippen molar-refractivity contribution in [1.29, 1.82) is 0 Å². The van der Waals surface area contributed by atoms with Crippen molar-refractivity contribution in [3.63, 3.8) is 0 Å². The third kappa shape index (κ3) is 2.27. The van der Waals surface area contributed by atoms with E-state index < -0.39 is 6.10 Å². The minimum absolute atomic E-state index is 0.0722. The molecule has 0 spiro atoms. The molecule has 1 atom stereocenters. The minimum atomic E-state index is -0.447. The highest BCUT2D eigenvalue weighted by molar-refractivity contribution is 5.83. The predicted molar refractivity (Wildman–Crippen MR) is 62.6 cm³/mol. The maximum absolute atomic E-state index is 11.7. The van der Waals surface area contributed by atoms with E-state index in [9.17, 15) is 4.79 Å². The number of carbonyl (C=O) groups excluding carboxylic acids is 1. The Morgan fingerprint density at radius 2 is 2.25 bits per heavy atom. The fourth-order valence-electron chi connectivity index (χ4n) is 1.64. The van der Waals surface area contributed by atoms with Gasteiger partial charge in [-0.3, -0.25) is 4.79 Å². The van der Waals surface area contributed by atoms with Gasteiger partial charge in [-0.2, -0.15) is 0 Å². The van der Waals surface area contributed by atoms with E-state index in [2.05, 4.69) is 10.6 Å². The Hall–Kier alpha value is -1.71. The molecule has 0 bridgehead atoms. The van der Waals surface area contributed by atoms with Crippen LogP contribution in [0.4, 0.5) is 5.69 Å². The Labute approximate surface area is 95.0 Å². The molecule has 0 saturated carbocycles. The van der Waals surface area contributed by atoms with Gasteiger partial charge in [0.05, 0.1) is 12.2 Å². The van der Waals surface area contributed by atoms with Crippen molar-refractivity contribution in [1.82, 2.24) is 5.32 Å². The molecule has 1 aliphatic rings. The number of ether oxygens (including phenoxy) is 1. The highest BCUT2D eigenvalue weighted by Crippen LogP contribution is 2.28. The second kappa shape index (κ2) is 4.43. The molecule has 1 amide bonds. The summed E-state index contributed by atoms with van der Waals surface area (Å²) in [6, 6.07) is 7.75. The van der Waals surface area contributed by atoms with Gasteiger partial charge in [-0.05, 0) is 26.0 Å². The molecule has 0 radical (unpaired) electrons. The Bertz CT molecular complexity index is 390. The highest BCUT2D eigenvalue weighted by atomic mass is 16.5. The third-order valence-electron chi connectivity index (χ3n) is 2.36. The number of anilines is 1. The van der Waals surface area contributed by atoms with E-state index in [-0.39, 0.29) is 11.9 Å².